The van der Waals surface area contributed by atoms with Crippen LogP contribution in [0.2, 0.25) is 5.15 Å². The highest BCUT2D eigenvalue weighted by Gasteiger charge is 2.17. The average Bonchev–Trinajstić information content (AvgIpc) is 2.44. The van der Waals surface area contributed by atoms with Crippen molar-refractivity contribution in [2.24, 2.45) is 0 Å². The Morgan fingerprint density at radius 3 is 2.70 bits per heavy atom. The van der Waals surface area contributed by atoms with Crippen LogP contribution in [0.1, 0.15) is 18.3 Å². The SMILES string of the molecule is CCc1nc(Cl)c(C)c(Sc2ccccc2[N+](=O)[O-])n1. The van der Waals surface area contributed by atoms with Crippen molar-refractivity contribution in [2.75, 3.05) is 0 Å². The van der Waals surface area contributed by atoms with E-state index in [1.165, 1.54) is 17.8 Å². The number of halogens is 1. The van der Waals surface area contributed by atoms with Crippen molar-refractivity contribution in [1.82, 2.24) is 9.97 Å². The zero-order valence-corrected chi connectivity index (χ0v) is 12.5. The van der Waals surface area contributed by atoms with Crippen molar-refractivity contribution in [2.45, 2.75) is 30.2 Å². The number of para-hydroxylation sites is 1. The minimum absolute atomic E-state index is 0.0599. The summed E-state index contributed by atoms with van der Waals surface area (Å²) in [5.74, 6) is 0.627. The molecule has 0 bridgehead atoms. The van der Waals surface area contributed by atoms with Gasteiger partial charge in [0, 0.05) is 18.1 Å². The number of hydrogen-bond donors (Lipinski definition) is 0. The van der Waals surface area contributed by atoms with E-state index in [2.05, 4.69) is 9.97 Å². The predicted octanol–water partition coefficient (Wildman–Crippen LogP) is 4.06. The first-order chi connectivity index (χ1) is 9.52. The summed E-state index contributed by atoms with van der Waals surface area (Å²) < 4.78 is 0. The van der Waals surface area contributed by atoms with Crippen molar-refractivity contribution >= 4 is 29.1 Å². The van der Waals surface area contributed by atoms with Gasteiger partial charge in [-0.05, 0) is 13.0 Å². The topological polar surface area (TPSA) is 68.9 Å². The largest absolute Gasteiger partial charge is 0.283 e. The number of rotatable bonds is 4. The van der Waals surface area contributed by atoms with E-state index < -0.39 is 4.92 Å². The van der Waals surface area contributed by atoms with E-state index in [-0.39, 0.29) is 5.69 Å². The highest BCUT2D eigenvalue weighted by molar-refractivity contribution is 7.99. The summed E-state index contributed by atoms with van der Waals surface area (Å²) in [6.45, 7) is 3.74. The third-order valence-corrected chi connectivity index (χ3v) is 4.20. The molecule has 5 nitrogen and oxygen atoms in total. The lowest BCUT2D eigenvalue weighted by molar-refractivity contribution is -0.387. The first-order valence-electron chi connectivity index (χ1n) is 5.97. The predicted molar refractivity (Wildman–Crippen MR) is 78.4 cm³/mol. The summed E-state index contributed by atoms with van der Waals surface area (Å²) in [6, 6.07) is 6.57. The molecule has 0 aliphatic heterocycles. The number of nitro benzene ring substituents is 1. The maximum atomic E-state index is 11.0. The van der Waals surface area contributed by atoms with Crippen LogP contribution in [-0.4, -0.2) is 14.9 Å². The lowest BCUT2D eigenvalue weighted by Gasteiger charge is -2.08. The zero-order chi connectivity index (χ0) is 14.7. The summed E-state index contributed by atoms with van der Waals surface area (Å²) in [5, 5.41) is 12.1. The molecule has 0 fully saturated rings. The Balaban J connectivity index is 2.45. The second kappa shape index (κ2) is 6.19. The molecule has 0 spiro atoms. The van der Waals surface area contributed by atoms with Gasteiger partial charge in [-0.25, -0.2) is 9.97 Å². The molecule has 0 aliphatic carbocycles. The second-order valence-electron chi connectivity index (χ2n) is 4.04. The molecule has 0 saturated carbocycles. The molecule has 0 N–H and O–H groups in total. The van der Waals surface area contributed by atoms with Gasteiger partial charge < -0.3 is 0 Å². The van der Waals surface area contributed by atoms with Gasteiger partial charge in [-0.3, -0.25) is 10.1 Å². The Hall–Kier alpha value is -1.66. The molecule has 0 amide bonds. The third kappa shape index (κ3) is 3.08. The number of aromatic nitrogens is 2. The molecule has 2 aromatic rings. The van der Waals surface area contributed by atoms with Gasteiger partial charge in [-0.2, -0.15) is 0 Å². The van der Waals surface area contributed by atoms with E-state index in [0.29, 0.717) is 27.3 Å². The summed E-state index contributed by atoms with van der Waals surface area (Å²) in [4.78, 5) is 19.7. The molecule has 0 radical (unpaired) electrons. The van der Waals surface area contributed by atoms with E-state index in [1.54, 1.807) is 25.1 Å². The lowest BCUT2D eigenvalue weighted by atomic mass is 10.3. The van der Waals surface area contributed by atoms with Gasteiger partial charge in [0.2, 0.25) is 0 Å². The molecule has 0 aliphatic rings. The fourth-order valence-corrected chi connectivity index (χ4v) is 2.81. The minimum Gasteiger partial charge on any atom is -0.258 e. The Kier molecular flexibility index (Phi) is 4.57. The number of nitrogens with zero attached hydrogens (tertiary/aromatic N) is 3. The van der Waals surface area contributed by atoms with E-state index in [1.807, 2.05) is 6.92 Å². The molecular formula is C13H12ClN3O2S. The molecule has 104 valence electrons. The monoisotopic (exact) mass is 309 g/mol. The summed E-state index contributed by atoms with van der Waals surface area (Å²) in [5.41, 5.74) is 0.789. The van der Waals surface area contributed by atoms with Crippen molar-refractivity contribution < 1.29 is 4.92 Å². The molecule has 20 heavy (non-hydrogen) atoms. The van der Waals surface area contributed by atoms with E-state index in [0.717, 1.165) is 5.56 Å². The molecule has 1 aromatic carbocycles. The number of aryl methyl sites for hydroxylation is 1. The molecular weight excluding hydrogens is 298 g/mol. The van der Waals surface area contributed by atoms with Crippen LogP contribution in [0.3, 0.4) is 0 Å². The Labute approximate surface area is 125 Å². The maximum Gasteiger partial charge on any atom is 0.283 e. The maximum absolute atomic E-state index is 11.0. The van der Waals surface area contributed by atoms with Gasteiger partial charge in [0.25, 0.3) is 5.69 Å². The molecule has 0 unspecified atom stereocenters. The van der Waals surface area contributed by atoms with Crippen LogP contribution >= 0.6 is 23.4 Å². The number of nitro groups is 1. The molecule has 2 rings (SSSR count). The van der Waals surface area contributed by atoms with E-state index in [9.17, 15) is 10.1 Å². The summed E-state index contributed by atoms with van der Waals surface area (Å²) in [6.07, 6.45) is 0.657. The quantitative estimate of drug-likeness (QED) is 0.484. The standard InChI is InChI=1S/C13H12ClN3O2S/c1-3-11-15-12(14)8(2)13(16-11)20-10-7-5-4-6-9(10)17(18)19/h4-7H,3H2,1-2H3. The van der Waals surface area contributed by atoms with Gasteiger partial charge in [0.15, 0.2) is 0 Å². The first kappa shape index (κ1) is 14.7. The van der Waals surface area contributed by atoms with Crippen molar-refractivity contribution in [1.29, 1.82) is 0 Å². The van der Waals surface area contributed by atoms with Crippen LogP contribution in [0, 0.1) is 17.0 Å². The zero-order valence-electron chi connectivity index (χ0n) is 11.0. The van der Waals surface area contributed by atoms with Crippen LogP contribution in [-0.2, 0) is 6.42 Å². The normalized spacial score (nSPS) is 10.6. The van der Waals surface area contributed by atoms with Gasteiger partial charge in [-0.15, -0.1) is 0 Å². The van der Waals surface area contributed by atoms with Crippen molar-refractivity contribution in [3.05, 3.63) is 50.9 Å². The van der Waals surface area contributed by atoms with Crippen LogP contribution in [0.4, 0.5) is 5.69 Å². The van der Waals surface area contributed by atoms with Gasteiger partial charge in [0.1, 0.15) is 16.0 Å². The van der Waals surface area contributed by atoms with Crippen LogP contribution in [0.5, 0.6) is 0 Å². The average molecular weight is 310 g/mol. The highest BCUT2D eigenvalue weighted by atomic mass is 35.5. The Bertz CT molecular complexity index is 664. The van der Waals surface area contributed by atoms with Crippen LogP contribution < -0.4 is 0 Å². The number of hydrogen-bond acceptors (Lipinski definition) is 5. The third-order valence-electron chi connectivity index (χ3n) is 2.67. The second-order valence-corrected chi connectivity index (χ2v) is 5.43. The summed E-state index contributed by atoms with van der Waals surface area (Å²) in [7, 11) is 0. The molecule has 1 heterocycles. The van der Waals surface area contributed by atoms with Gasteiger partial charge in [0.05, 0.1) is 9.82 Å². The van der Waals surface area contributed by atoms with Crippen LogP contribution in [0.15, 0.2) is 34.2 Å². The van der Waals surface area contributed by atoms with E-state index >= 15 is 0 Å². The Morgan fingerprint density at radius 2 is 2.05 bits per heavy atom. The Morgan fingerprint density at radius 1 is 1.35 bits per heavy atom. The number of benzene rings is 1. The molecule has 7 heteroatoms. The van der Waals surface area contributed by atoms with Gasteiger partial charge >= 0.3 is 0 Å². The lowest BCUT2D eigenvalue weighted by Crippen LogP contribution is -1.99. The van der Waals surface area contributed by atoms with Gasteiger partial charge in [-0.1, -0.05) is 42.4 Å². The van der Waals surface area contributed by atoms with Crippen molar-refractivity contribution in [3.8, 4) is 0 Å². The van der Waals surface area contributed by atoms with Crippen LogP contribution in [0.25, 0.3) is 0 Å². The molecule has 1 aromatic heterocycles. The first-order valence-corrected chi connectivity index (χ1v) is 7.16. The summed E-state index contributed by atoms with van der Waals surface area (Å²) >= 11 is 7.30. The molecule has 0 atom stereocenters. The van der Waals surface area contributed by atoms with Crippen molar-refractivity contribution in [3.63, 3.8) is 0 Å². The fraction of sp³-hybridized carbons (Fsp3) is 0.231. The fourth-order valence-electron chi connectivity index (χ4n) is 1.57. The molecule has 0 saturated heterocycles. The smallest absolute Gasteiger partial charge is 0.258 e. The minimum atomic E-state index is -0.402. The highest BCUT2D eigenvalue weighted by Crippen LogP contribution is 2.36. The van der Waals surface area contributed by atoms with E-state index in [4.69, 9.17) is 11.6 Å².